The molecule has 5 nitrogen and oxygen atoms in total. The Kier molecular flexibility index (Phi) is 5.76. The highest BCUT2D eigenvalue weighted by Crippen LogP contribution is 2.40. The summed E-state index contributed by atoms with van der Waals surface area (Å²) in [7, 11) is 0. The standard InChI is InChI=1S/C18H24N2O3S/c21-17(8-10-24-12-14-6-3-4-9-19-14)20-15-7-2-1-5-13(15)11-16(20)18(22)23/h3-4,6,9,13,15-16H,1-2,5,7-8,10-12H2,(H,22,23). The summed E-state index contributed by atoms with van der Waals surface area (Å²) in [6, 6.07) is 5.35. The number of carboxylic acid groups (broad SMARTS) is 1. The molecule has 0 aromatic carbocycles. The number of carbonyl (C=O) groups is 2. The van der Waals surface area contributed by atoms with Crippen molar-refractivity contribution in [2.24, 2.45) is 5.92 Å². The Morgan fingerprint density at radius 1 is 1.29 bits per heavy atom. The number of likely N-dealkylation sites (tertiary alicyclic amines) is 1. The van der Waals surface area contributed by atoms with E-state index in [0.29, 0.717) is 24.5 Å². The molecule has 0 bridgehead atoms. The lowest BCUT2D eigenvalue weighted by Crippen LogP contribution is -2.46. The molecule has 0 spiro atoms. The lowest BCUT2D eigenvalue weighted by Gasteiger charge is -2.33. The number of hydrogen-bond donors (Lipinski definition) is 1. The molecule has 1 amide bonds. The highest BCUT2D eigenvalue weighted by Gasteiger charge is 2.47. The minimum Gasteiger partial charge on any atom is -0.480 e. The van der Waals surface area contributed by atoms with Gasteiger partial charge in [0.25, 0.3) is 0 Å². The van der Waals surface area contributed by atoms with E-state index in [1.54, 1.807) is 22.9 Å². The molecule has 1 aliphatic heterocycles. The van der Waals surface area contributed by atoms with Gasteiger partial charge in [0.15, 0.2) is 0 Å². The van der Waals surface area contributed by atoms with Crippen LogP contribution in [0.4, 0.5) is 0 Å². The second-order valence-corrected chi connectivity index (χ2v) is 7.73. The van der Waals surface area contributed by atoms with Crippen molar-refractivity contribution in [1.82, 2.24) is 9.88 Å². The van der Waals surface area contributed by atoms with Gasteiger partial charge in [-0.25, -0.2) is 4.79 Å². The minimum atomic E-state index is -0.848. The third kappa shape index (κ3) is 3.91. The van der Waals surface area contributed by atoms with Crippen LogP contribution < -0.4 is 0 Å². The van der Waals surface area contributed by atoms with Gasteiger partial charge in [-0.1, -0.05) is 18.9 Å². The predicted octanol–water partition coefficient (Wildman–Crippen LogP) is 2.95. The second-order valence-electron chi connectivity index (χ2n) is 6.63. The van der Waals surface area contributed by atoms with E-state index in [2.05, 4.69) is 4.98 Å². The molecule has 1 aromatic heterocycles. The Balaban J connectivity index is 1.53. The number of rotatable bonds is 6. The first kappa shape index (κ1) is 17.3. The fraction of sp³-hybridized carbons (Fsp3) is 0.611. The third-order valence-electron chi connectivity index (χ3n) is 5.10. The molecule has 130 valence electrons. The van der Waals surface area contributed by atoms with E-state index in [-0.39, 0.29) is 11.9 Å². The quantitative estimate of drug-likeness (QED) is 0.801. The zero-order valence-electron chi connectivity index (χ0n) is 13.8. The number of carbonyl (C=O) groups excluding carboxylic acids is 1. The van der Waals surface area contributed by atoms with Gasteiger partial charge in [0.1, 0.15) is 6.04 Å². The topological polar surface area (TPSA) is 70.5 Å². The zero-order valence-corrected chi connectivity index (χ0v) is 14.6. The number of pyridine rings is 1. The van der Waals surface area contributed by atoms with Crippen molar-refractivity contribution in [1.29, 1.82) is 0 Å². The smallest absolute Gasteiger partial charge is 0.326 e. The maximum absolute atomic E-state index is 12.7. The number of carboxylic acids is 1. The fourth-order valence-electron chi connectivity index (χ4n) is 3.99. The summed E-state index contributed by atoms with van der Waals surface area (Å²) in [4.78, 5) is 30.2. The Labute approximate surface area is 146 Å². The fourth-order valence-corrected chi connectivity index (χ4v) is 4.83. The van der Waals surface area contributed by atoms with E-state index in [0.717, 1.165) is 37.1 Å². The lowest BCUT2D eigenvalue weighted by atomic mass is 9.84. The average molecular weight is 348 g/mol. The van der Waals surface area contributed by atoms with Crippen LogP contribution >= 0.6 is 11.8 Å². The van der Waals surface area contributed by atoms with Crippen molar-refractivity contribution in [3.63, 3.8) is 0 Å². The van der Waals surface area contributed by atoms with Crippen LogP contribution in [-0.2, 0) is 15.3 Å². The minimum absolute atomic E-state index is 0.00493. The molecular weight excluding hydrogens is 324 g/mol. The Bertz CT molecular complexity index is 581. The van der Waals surface area contributed by atoms with Gasteiger partial charge < -0.3 is 10.0 Å². The number of hydrogen-bond acceptors (Lipinski definition) is 4. The first-order valence-electron chi connectivity index (χ1n) is 8.68. The molecule has 0 radical (unpaired) electrons. The summed E-state index contributed by atoms with van der Waals surface area (Å²) in [5.41, 5.74) is 1.01. The normalized spacial score (nSPS) is 26.2. The number of aromatic nitrogens is 1. The van der Waals surface area contributed by atoms with E-state index in [9.17, 15) is 14.7 Å². The summed E-state index contributed by atoms with van der Waals surface area (Å²) in [5, 5.41) is 9.49. The van der Waals surface area contributed by atoms with Gasteiger partial charge in [0.05, 0.1) is 5.69 Å². The van der Waals surface area contributed by atoms with Crippen molar-refractivity contribution in [2.75, 3.05) is 5.75 Å². The summed E-state index contributed by atoms with van der Waals surface area (Å²) in [6.07, 6.45) is 7.10. The zero-order chi connectivity index (χ0) is 16.9. The first-order chi connectivity index (χ1) is 11.7. The number of thioether (sulfide) groups is 1. The van der Waals surface area contributed by atoms with Gasteiger partial charge in [0, 0.05) is 30.2 Å². The van der Waals surface area contributed by atoms with Gasteiger partial charge in [-0.15, -0.1) is 0 Å². The van der Waals surface area contributed by atoms with Gasteiger partial charge in [0.2, 0.25) is 5.91 Å². The average Bonchev–Trinajstić information content (AvgIpc) is 2.99. The molecule has 24 heavy (non-hydrogen) atoms. The van der Waals surface area contributed by atoms with Crippen molar-refractivity contribution < 1.29 is 14.7 Å². The molecule has 3 rings (SSSR count). The van der Waals surface area contributed by atoms with Gasteiger partial charge in [-0.3, -0.25) is 9.78 Å². The SMILES string of the molecule is O=C(O)C1CC2CCCCC2N1C(=O)CCSCc1ccccn1. The number of amides is 1. The monoisotopic (exact) mass is 348 g/mol. The first-order valence-corrected chi connectivity index (χ1v) is 9.84. The molecular formula is C18H24N2O3S. The number of fused-ring (bicyclic) bond motifs is 1. The highest BCUT2D eigenvalue weighted by molar-refractivity contribution is 7.98. The van der Waals surface area contributed by atoms with Crippen LogP contribution in [0.25, 0.3) is 0 Å². The van der Waals surface area contributed by atoms with Crippen molar-refractivity contribution >= 4 is 23.6 Å². The third-order valence-corrected chi connectivity index (χ3v) is 6.09. The van der Waals surface area contributed by atoms with E-state index >= 15 is 0 Å². The van der Waals surface area contributed by atoms with Gasteiger partial charge in [-0.05, 0) is 37.3 Å². The van der Waals surface area contributed by atoms with Crippen molar-refractivity contribution in [3.05, 3.63) is 30.1 Å². The highest BCUT2D eigenvalue weighted by atomic mass is 32.2. The van der Waals surface area contributed by atoms with Crippen molar-refractivity contribution in [3.8, 4) is 0 Å². The molecule has 6 heteroatoms. The summed E-state index contributed by atoms with van der Waals surface area (Å²) >= 11 is 1.68. The molecule has 3 unspecified atom stereocenters. The molecule has 1 N–H and O–H groups in total. The van der Waals surface area contributed by atoms with Crippen LogP contribution in [0.1, 0.15) is 44.2 Å². The van der Waals surface area contributed by atoms with Crippen LogP contribution in [-0.4, -0.2) is 44.7 Å². The van der Waals surface area contributed by atoms with Crippen LogP contribution in [0, 0.1) is 5.92 Å². The second kappa shape index (κ2) is 8.01. The van der Waals surface area contributed by atoms with Crippen molar-refractivity contribution in [2.45, 2.75) is 56.4 Å². The van der Waals surface area contributed by atoms with E-state index in [1.165, 1.54) is 0 Å². The van der Waals surface area contributed by atoms with Crippen LogP contribution in [0.15, 0.2) is 24.4 Å². The van der Waals surface area contributed by atoms with Crippen LogP contribution in [0.5, 0.6) is 0 Å². The number of aliphatic carboxylic acids is 1. The molecule has 1 saturated heterocycles. The van der Waals surface area contributed by atoms with Gasteiger partial charge in [-0.2, -0.15) is 11.8 Å². The molecule has 1 aliphatic carbocycles. The van der Waals surface area contributed by atoms with Crippen LogP contribution in [0.2, 0.25) is 0 Å². The van der Waals surface area contributed by atoms with Crippen LogP contribution in [0.3, 0.4) is 0 Å². The lowest BCUT2D eigenvalue weighted by molar-refractivity contribution is -0.149. The van der Waals surface area contributed by atoms with Gasteiger partial charge >= 0.3 is 5.97 Å². The van der Waals surface area contributed by atoms with E-state index in [4.69, 9.17) is 0 Å². The summed E-state index contributed by atoms with van der Waals surface area (Å²) in [5.74, 6) is 1.02. The Hall–Kier alpha value is -1.56. The molecule has 3 atom stereocenters. The largest absolute Gasteiger partial charge is 0.480 e. The number of nitrogens with zero attached hydrogens (tertiary/aromatic N) is 2. The summed E-state index contributed by atoms with van der Waals surface area (Å²) < 4.78 is 0. The molecule has 2 fully saturated rings. The molecule has 1 saturated carbocycles. The predicted molar refractivity (Wildman–Crippen MR) is 93.6 cm³/mol. The van der Waals surface area contributed by atoms with E-state index < -0.39 is 12.0 Å². The Morgan fingerprint density at radius 3 is 2.88 bits per heavy atom. The maximum atomic E-state index is 12.7. The molecule has 1 aromatic rings. The summed E-state index contributed by atoms with van der Waals surface area (Å²) in [6.45, 7) is 0. The molecule has 2 heterocycles. The van der Waals surface area contributed by atoms with E-state index in [1.807, 2.05) is 18.2 Å². The Morgan fingerprint density at radius 2 is 2.12 bits per heavy atom. The maximum Gasteiger partial charge on any atom is 0.326 e. The molecule has 2 aliphatic rings.